The van der Waals surface area contributed by atoms with E-state index in [1.54, 1.807) is 49.4 Å². The number of alkyl halides is 3. The third kappa shape index (κ3) is 5.74. The van der Waals surface area contributed by atoms with Gasteiger partial charge in [0, 0.05) is 5.75 Å². The first-order valence-corrected chi connectivity index (χ1v) is 11.1. The van der Waals surface area contributed by atoms with Crippen LogP contribution in [-0.2, 0) is 11.0 Å². The molecule has 0 saturated carbocycles. The minimum atomic E-state index is -4.39. The molecule has 0 amide bonds. The molecule has 0 bridgehead atoms. The molecule has 2 atom stereocenters. The number of carbonyl (C=O) groups is 1. The average Bonchev–Trinajstić information content (AvgIpc) is 2.77. The summed E-state index contributed by atoms with van der Waals surface area (Å²) in [7, 11) is 0. The van der Waals surface area contributed by atoms with Crippen LogP contribution in [0.1, 0.15) is 12.5 Å². The van der Waals surface area contributed by atoms with Crippen LogP contribution >= 0.6 is 11.8 Å². The first-order valence-electron chi connectivity index (χ1n) is 9.69. The molecule has 4 nitrogen and oxygen atoms in total. The molecule has 0 spiro atoms. The van der Waals surface area contributed by atoms with Gasteiger partial charge in [-0.25, -0.2) is 0 Å². The van der Waals surface area contributed by atoms with Gasteiger partial charge >= 0.3 is 6.18 Å². The van der Waals surface area contributed by atoms with Crippen LogP contribution in [0.2, 0.25) is 0 Å². The molecule has 0 aliphatic rings. The van der Waals surface area contributed by atoms with Crippen molar-refractivity contribution < 1.29 is 27.4 Å². The van der Waals surface area contributed by atoms with Crippen molar-refractivity contribution in [2.45, 2.75) is 19.2 Å². The Balaban J connectivity index is 1.67. The molecule has 0 heterocycles. The molecular weight excluding hydrogens is 439 g/mol. The third-order valence-electron chi connectivity index (χ3n) is 4.74. The molecule has 8 heteroatoms. The molecule has 0 radical (unpaired) electrons. The molecule has 3 rings (SSSR count). The number of benzene rings is 3. The molecule has 0 saturated heterocycles. The van der Waals surface area contributed by atoms with Crippen molar-refractivity contribution in [2.75, 3.05) is 12.0 Å². The van der Waals surface area contributed by atoms with E-state index in [2.05, 4.69) is 0 Å². The second kappa shape index (κ2) is 9.96. The highest BCUT2D eigenvalue weighted by Gasteiger charge is 2.30. The van der Waals surface area contributed by atoms with Crippen LogP contribution in [0.15, 0.2) is 60.7 Å². The molecule has 166 valence electrons. The van der Waals surface area contributed by atoms with Crippen LogP contribution in [0.4, 0.5) is 13.2 Å². The van der Waals surface area contributed by atoms with Crippen molar-refractivity contribution in [3.8, 4) is 23.3 Å². The molecule has 3 aromatic carbocycles. The van der Waals surface area contributed by atoms with E-state index in [9.17, 15) is 18.0 Å². The number of fused-ring (bicyclic) bond motifs is 1. The average molecular weight is 459 g/mol. The van der Waals surface area contributed by atoms with Crippen molar-refractivity contribution >= 4 is 28.3 Å². The van der Waals surface area contributed by atoms with Crippen molar-refractivity contribution in [1.29, 1.82) is 5.26 Å². The fraction of sp³-hybridized carbons (Fsp3) is 0.250. The quantitative estimate of drug-likeness (QED) is 0.385. The maximum Gasteiger partial charge on any atom is 0.416 e. The Hall–Kier alpha value is -3.18. The summed E-state index contributed by atoms with van der Waals surface area (Å²) in [5.74, 6) is 0.856. The predicted molar refractivity (Wildman–Crippen MR) is 118 cm³/mol. The smallest absolute Gasteiger partial charge is 0.416 e. The summed E-state index contributed by atoms with van der Waals surface area (Å²) in [5.41, 5.74) is -0.698. The van der Waals surface area contributed by atoms with Crippen LogP contribution in [0, 0.1) is 17.2 Å². The fourth-order valence-corrected chi connectivity index (χ4v) is 3.65. The number of rotatable bonds is 8. The first-order chi connectivity index (χ1) is 15.2. The van der Waals surface area contributed by atoms with E-state index in [4.69, 9.17) is 14.7 Å². The Labute approximate surface area is 187 Å². The number of halogens is 3. The van der Waals surface area contributed by atoms with E-state index in [0.717, 1.165) is 12.1 Å². The number of nitriles is 1. The number of carbonyl (C=O) groups excluding carboxylic acids is 1. The molecule has 0 fully saturated rings. The number of ether oxygens (including phenoxy) is 2. The zero-order chi connectivity index (χ0) is 23.3. The van der Waals surface area contributed by atoms with E-state index in [1.807, 2.05) is 12.3 Å². The van der Waals surface area contributed by atoms with Crippen LogP contribution < -0.4 is 9.47 Å². The van der Waals surface area contributed by atoms with Crippen molar-refractivity contribution in [3.63, 3.8) is 0 Å². The lowest BCUT2D eigenvalue weighted by atomic mass is 10.0. The topological polar surface area (TPSA) is 59.3 Å². The van der Waals surface area contributed by atoms with Gasteiger partial charge in [-0.3, -0.25) is 4.79 Å². The summed E-state index contributed by atoms with van der Waals surface area (Å²) in [4.78, 5) is 12.3. The van der Waals surface area contributed by atoms with Crippen molar-refractivity contribution in [1.82, 2.24) is 0 Å². The van der Waals surface area contributed by atoms with Crippen molar-refractivity contribution in [3.05, 3.63) is 66.2 Å². The number of hydrogen-bond acceptors (Lipinski definition) is 5. The zero-order valence-electron chi connectivity index (χ0n) is 17.3. The molecular formula is C24H20F3NO3S. The maximum atomic E-state index is 12.9. The highest BCUT2D eigenvalue weighted by atomic mass is 32.2. The number of thioether (sulfide) groups is 1. The lowest BCUT2D eigenvalue weighted by molar-refractivity contribution is -0.137. The summed E-state index contributed by atoms with van der Waals surface area (Å²) >= 11 is 1.43. The summed E-state index contributed by atoms with van der Waals surface area (Å²) in [5, 5.41) is 10.2. The van der Waals surface area contributed by atoms with Crippen LogP contribution in [0.25, 0.3) is 10.8 Å². The maximum absolute atomic E-state index is 12.9. The van der Waals surface area contributed by atoms with E-state index in [-0.39, 0.29) is 5.78 Å². The van der Waals surface area contributed by atoms with E-state index < -0.39 is 23.8 Å². The minimum absolute atomic E-state index is 0.271. The number of ketones is 1. The predicted octanol–water partition coefficient (Wildman–Crippen LogP) is 6.49. The number of hydrogen-bond donors (Lipinski definition) is 0. The molecule has 0 aliphatic heterocycles. The summed E-state index contributed by atoms with van der Waals surface area (Å²) < 4.78 is 50.0. The zero-order valence-corrected chi connectivity index (χ0v) is 18.2. The van der Waals surface area contributed by atoms with Gasteiger partial charge in [0.15, 0.2) is 11.9 Å². The Morgan fingerprint density at radius 2 is 1.59 bits per heavy atom. The summed E-state index contributed by atoms with van der Waals surface area (Å²) in [6.45, 7) is 1.61. The minimum Gasteiger partial charge on any atom is -0.483 e. The molecule has 2 unspecified atom stereocenters. The normalized spacial score (nSPS) is 13.2. The van der Waals surface area contributed by atoms with Crippen LogP contribution in [0.3, 0.4) is 0 Å². The highest BCUT2D eigenvalue weighted by molar-refractivity contribution is 7.98. The van der Waals surface area contributed by atoms with Gasteiger partial charge in [0.2, 0.25) is 0 Å². The van der Waals surface area contributed by atoms with Gasteiger partial charge < -0.3 is 9.47 Å². The van der Waals surface area contributed by atoms with Gasteiger partial charge in [-0.1, -0.05) is 12.1 Å². The second-order valence-corrected chi connectivity index (χ2v) is 8.01. The fourth-order valence-electron chi connectivity index (χ4n) is 3.08. The SMILES string of the molecule is CSCC(C#N)C(=O)C(C)Oc1ccc(Oc2ccc3cc(C(F)(F)F)ccc3c2)cc1. The van der Waals surface area contributed by atoms with Crippen molar-refractivity contribution in [2.24, 2.45) is 5.92 Å². The molecule has 0 aromatic heterocycles. The standard InChI is InChI=1S/C24H20F3NO3S/c1-15(23(29)18(13-28)14-32-2)30-20-7-9-21(10-8-20)31-22-6-4-16-11-19(24(25,26)27)5-3-17(16)12-22/h3-12,15,18H,14H2,1-2H3. The number of nitrogens with zero attached hydrogens (tertiary/aromatic N) is 1. The lowest BCUT2D eigenvalue weighted by Crippen LogP contribution is -2.31. The molecule has 3 aromatic rings. The Morgan fingerprint density at radius 3 is 2.22 bits per heavy atom. The van der Waals surface area contributed by atoms with E-state index in [0.29, 0.717) is 33.8 Å². The highest BCUT2D eigenvalue weighted by Crippen LogP contribution is 2.33. The molecule has 0 aliphatic carbocycles. The Morgan fingerprint density at radius 1 is 1.00 bits per heavy atom. The van der Waals surface area contributed by atoms with Gasteiger partial charge in [0.25, 0.3) is 0 Å². The molecule has 0 N–H and O–H groups in total. The number of Topliss-reactive ketones (excluding diaryl/α,β-unsaturated/α-hetero) is 1. The van der Waals surface area contributed by atoms with E-state index >= 15 is 0 Å². The van der Waals surface area contributed by atoms with Crippen LogP contribution in [-0.4, -0.2) is 23.9 Å². The van der Waals surface area contributed by atoms with Gasteiger partial charge in [-0.05, 0) is 72.5 Å². The summed E-state index contributed by atoms with van der Waals surface area (Å²) in [6, 6.07) is 17.0. The van der Waals surface area contributed by atoms with Crippen LogP contribution in [0.5, 0.6) is 17.2 Å². The van der Waals surface area contributed by atoms with Gasteiger partial charge in [0.05, 0.1) is 11.6 Å². The van der Waals surface area contributed by atoms with E-state index in [1.165, 1.54) is 17.8 Å². The second-order valence-electron chi connectivity index (χ2n) is 7.09. The summed E-state index contributed by atoms with van der Waals surface area (Å²) in [6.07, 6.45) is -3.32. The monoisotopic (exact) mass is 459 g/mol. The van der Waals surface area contributed by atoms with Gasteiger partial charge in [-0.2, -0.15) is 30.2 Å². The third-order valence-corrected chi connectivity index (χ3v) is 5.41. The Bertz CT molecular complexity index is 1140. The first kappa shape index (κ1) is 23.5. The lowest BCUT2D eigenvalue weighted by Gasteiger charge is -2.16. The van der Waals surface area contributed by atoms with Gasteiger partial charge in [-0.15, -0.1) is 0 Å². The molecule has 32 heavy (non-hydrogen) atoms. The Kier molecular flexibility index (Phi) is 7.31. The van der Waals surface area contributed by atoms with Gasteiger partial charge in [0.1, 0.15) is 23.2 Å². The largest absolute Gasteiger partial charge is 0.483 e.